The van der Waals surface area contributed by atoms with Gasteiger partial charge in [-0.1, -0.05) is 17.3 Å². The zero-order valence-electron chi connectivity index (χ0n) is 19.5. The average molecular weight is 475 g/mol. The molecule has 0 saturated carbocycles. The van der Waals surface area contributed by atoms with Crippen LogP contribution in [0.5, 0.6) is 5.75 Å². The SMILES string of the molecule is COCCOc1cccc(Cn2cc(-c3noc(-c4cnc(N5CCCC5)nc4)n3)ccc2=O)c1. The second kappa shape index (κ2) is 10.5. The summed E-state index contributed by atoms with van der Waals surface area (Å²) in [4.78, 5) is 28.0. The van der Waals surface area contributed by atoms with Crippen LogP contribution in [0.15, 0.2) is 64.3 Å². The number of aromatic nitrogens is 5. The molecule has 1 aliphatic rings. The van der Waals surface area contributed by atoms with Gasteiger partial charge in [-0.3, -0.25) is 4.79 Å². The molecular weight excluding hydrogens is 448 g/mol. The molecule has 5 rings (SSSR count). The maximum Gasteiger partial charge on any atom is 0.261 e. The summed E-state index contributed by atoms with van der Waals surface area (Å²) in [5.41, 5.74) is 2.12. The van der Waals surface area contributed by atoms with E-state index >= 15 is 0 Å². The molecule has 35 heavy (non-hydrogen) atoms. The predicted octanol–water partition coefficient (Wildman–Crippen LogP) is 3.03. The molecule has 10 nitrogen and oxygen atoms in total. The third-order valence-corrected chi connectivity index (χ3v) is 5.75. The summed E-state index contributed by atoms with van der Waals surface area (Å²) < 4.78 is 17.7. The predicted molar refractivity (Wildman–Crippen MR) is 129 cm³/mol. The first kappa shape index (κ1) is 22.7. The molecule has 0 N–H and O–H groups in total. The fourth-order valence-electron chi connectivity index (χ4n) is 3.93. The van der Waals surface area contributed by atoms with Gasteiger partial charge in [-0.2, -0.15) is 4.98 Å². The topological polar surface area (TPSA) is 108 Å². The van der Waals surface area contributed by atoms with Crippen molar-refractivity contribution in [1.29, 1.82) is 0 Å². The molecule has 1 saturated heterocycles. The number of rotatable bonds is 9. The number of pyridine rings is 1. The summed E-state index contributed by atoms with van der Waals surface area (Å²) in [6.45, 7) is 3.30. The molecule has 180 valence electrons. The van der Waals surface area contributed by atoms with E-state index in [1.807, 2.05) is 24.3 Å². The molecular formula is C25H26N6O4. The van der Waals surface area contributed by atoms with Gasteiger partial charge in [0.05, 0.1) is 18.7 Å². The fraction of sp³-hybridized carbons (Fsp3) is 0.320. The molecule has 0 unspecified atom stereocenters. The summed E-state index contributed by atoms with van der Waals surface area (Å²) in [6, 6.07) is 10.8. The van der Waals surface area contributed by atoms with Crippen molar-refractivity contribution in [2.45, 2.75) is 19.4 Å². The van der Waals surface area contributed by atoms with Crippen molar-refractivity contribution < 1.29 is 14.0 Å². The number of ether oxygens (including phenoxy) is 2. The lowest BCUT2D eigenvalue weighted by atomic mass is 10.2. The molecule has 4 aromatic rings. The molecule has 0 amide bonds. The Kier molecular flexibility index (Phi) is 6.80. The Morgan fingerprint density at radius 1 is 1.03 bits per heavy atom. The van der Waals surface area contributed by atoms with Crippen molar-refractivity contribution in [3.05, 3.63) is 70.9 Å². The van der Waals surface area contributed by atoms with Gasteiger partial charge < -0.3 is 23.5 Å². The van der Waals surface area contributed by atoms with E-state index in [-0.39, 0.29) is 5.56 Å². The number of benzene rings is 1. The molecule has 3 aromatic heterocycles. The van der Waals surface area contributed by atoms with Crippen LogP contribution in [0.2, 0.25) is 0 Å². The van der Waals surface area contributed by atoms with Gasteiger partial charge in [0.25, 0.3) is 11.4 Å². The van der Waals surface area contributed by atoms with Crippen molar-refractivity contribution in [1.82, 2.24) is 24.7 Å². The molecule has 4 heterocycles. The Morgan fingerprint density at radius 3 is 2.66 bits per heavy atom. The lowest BCUT2D eigenvalue weighted by Gasteiger charge is -2.13. The number of nitrogens with zero attached hydrogens (tertiary/aromatic N) is 6. The first-order valence-electron chi connectivity index (χ1n) is 11.5. The highest BCUT2D eigenvalue weighted by Crippen LogP contribution is 2.23. The second-order valence-corrected chi connectivity index (χ2v) is 8.26. The van der Waals surface area contributed by atoms with E-state index in [4.69, 9.17) is 14.0 Å². The van der Waals surface area contributed by atoms with Crippen molar-refractivity contribution in [3.63, 3.8) is 0 Å². The van der Waals surface area contributed by atoms with Gasteiger partial charge in [0.1, 0.15) is 12.4 Å². The fourth-order valence-corrected chi connectivity index (χ4v) is 3.93. The van der Waals surface area contributed by atoms with E-state index in [2.05, 4.69) is 25.0 Å². The highest BCUT2D eigenvalue weighted by atomic mass is 16.5. The minimum Gasteiger partial charge on any atom is -0.491 e. The minimum absolute atomic E-state index is 0.130. The Labute approximate surface area is 202 Å². The van der Waals surface area contributed by atoms with Crippen LogP contribution >= 0.6 is 0 Å². The summed E-state index contributed by atoms with van der Waals surface area (Å²) in [5, 5.41) is 4.10. The van der Waals surface area contributed by atoms with Crippen LogP contribution in [-0.2, 0) is 11.3 Å². The maximum absolute atomic E-state index is 12.5. The third kappa shape index (κ3) is 5.38. The molecule has 0 aliphatic carbocycles. The number of hydrogen-bond acceptors (Lipinski definition) is 9. The van der Waals surface area contributed by atoms with Gasteiger partial charge in [0.2, 0.25) is 11.8 Å². The average Bonchev–Trinajstić information content (AvgIpc) is 3.59. The van der Waals surface area contributed by atoms with E-state index < -0.39 is 0 Å². The quantitative estimate of drug-likeness (QED) is 0.338. The van der Waals surface area contributed by atoms with E-state index in [1.165, 1.54) is 6.07 Å². The Hall–Kier alpha value is -4.05. The van der Waals surface area contributed by atoms with Crippen LogP contribution in [0, 0.1) is 0 Å². The van der Waals surface area contributed by atoms with E-state index in [0.717, 1.165) is 37.2 Å². The standard InChI is InChI=1S/C25H26N6O4/c1-33-11-12-34-21-6-4-5-18(13-21)16-31-17-19(7-8-22(31)32)23-28-24(35-29-23)20-14-26-25(27-15-20)30-9-2-3-10-30/h4-8,13-15,17H,2-3,9-12,16H2,1H3. The van der Waals surface area contributed by atoms with Crippen molar-refractivity contribution >= 4 is 5.95 Å². The highest BCUT2D eigenvalue weighted by molar-refractivity contribution is 5.58. The summed E-state index contributed by atoms with van der Waals surface area (Å²) in [5.74, 6) is 2.15. The number of methoxy groups -OCH3 is 1. The molecule has 1 aliphatic heterocycles. The largest absolute Gasteiger partial charge is 0.491 e. The van der Waals surface area contributed by atoms with Gasteiger partial charge in [-0.05, 0) is 36.6 Å². The zero-order chi connectivity index (χ0) is 24.0. The van der Waals surface area contributed by atoms with Crippen molar-refractivity contribution in [3.8, 4) is 28.6 Å². The zero-order valence-corrected chi connectivity index (χ0v) is 19.5. The minimum atomic E-state index is -0.130. The molecule has 0 bridgehead atoms. The Balaban J connectivity index is 1.32. The Bertz CT molecular complexity index is 1330. The van der Waals surface area contributed by atoms with Gasteiger partial charge in [0.15, 0.2) is 0 Å². The summed E-state index contributed by atoms with van der Waals surface area (Å²) in [6.07, 6.45) is 7.44. The smallest absolute Gasteiger partial charge is 0.261 e. The van der Waals surface area contributed by atoms with Gasteiger partial charge in [-0.15, -0.1) is 0 Å². The lowest BCUT2D eigenvalue weighted by Crippen LogP contribution is -2.20. The maximum atomic E-state index is 12.5. The molecule has 10 heteroatoms. The van der Waals surface area contributed by atoms with Crippen LogP contribution in [-0.4, -0.2) is 58.1 Å². The van der Waals surface area contributed by atoms with Crippen LogP contribution in [0.25, 0.3) is 22.8 Å². The lowest BCUT2D eigenvalue weighted by molar-refractivity contribution is 0.146. The van der Waals surface area contributed by atoms with Crippen molar-refractivity contribution in [2.24, 2.45) is 0 Å². The third-order valence-electron chi connectivity index (χ3n) is 5.75. The van der Waals surface area contributed by atoms with Crippen LogP contribution in [0.1, 0.15) is 18.4 Å². The summed E-state index contributed by atoms with van der Waals surface area (Å²) in [7, 11) is 1.63. The monoisotopic (exact) mass is 474 g/mol. The van der Waals surface area contributed by atoms with E-state index in [1.54, 1.807) is 36.3 Å². The van der Waals surface area contributed by atoms with E-state index in [9.17, 15) is 4.79 Å². The van der Waals surface area contributed by atoms with E-state index in [0.29, 0.717) is 48.5 Å². The number of hydrogen-bond donors (Lipinski definition) is 0. The van der Waals surface area contributed by atoms with Crippen molar-refractivity contribution in [2.75, 3.05) is 38.3 Å². The van der Waals surface area contributed by atoms with Gasteiger partial charge in [-0.25, -0.2) is 9.97 Å². The van der Waals surface area contributed by atoms with Gasteiger partial charge in [0, 0.05) is 50.4 Å². The molecule has 0 atom stereocenters. The normalized spacial score (nSPS) is 13.3. The second-order valence-electron chi connectivity index (χ2n) is 8.26. The number of anilines is 1. The van der Waals surface area contributed by atoms with Crippen LogP contribution < -0.4 is 15.2 Å². The highest BCUT2D eigenvalue weighted by Gasteiger charge is 2.17. The van der Waals surface area contributed by atoms with Crippen LogP contribution in [0.4, 0.5) is 5.95 Å². The molecule has 0 spiro atoms. The first-order chi connectivity index (χ1) is 17.2. The Morgan fingerprint density at radius 2 is 1.86 bits per heavy atom. The summed E-state index contributed by atoms with van der Waals surface area (Å²) >= 11 is 0. The van der Waals surface area contributed by atoms with Gasteiger partial charge >= 0.3 is 0 Å². The molecule has 1 aromatic carbocycles. The van der Waals surface area contributed by atoms with Crippen LogP contribution in [0.3, 0.4) is 0 Å². The first-order valence-corrected chi connectivity index (χ1v) is 11.5. The molecule has 1 fully saturated rings. The molecule has 0 radical (unpaired) electrons.